The molecule has 3 aliphatic rings. The molecule has 4 nitrogen and oxygen atoms in total. The Morgan fingerprint density at radius 2 is 2.22 bits per heavy atom. The molecule has 3 atom stereocenters. The van der Waals surface area contributed by atoms with Gasteiger partial charge in [-0.2, -0.15) is 0 Å². The molecule has 4 heteroatoms. The Kier molecular flexibility index (Phi) is 3.85. The van der Waals surface area contributed by atoms with Crippen molar-refractivity contribution in [3.05, 3.63) is 0 Å². The van der Waals surface area contributed by atoms with Crippen LogP contribution in [0.15, 0.2) is 0 Å². The van der Waals surface area contributed by atoms with Crippen LogP contribution in [0.2, 0.25) is 0 Å². The minimum atomic E-state index is 0.326. The number of nitrogens with zero attached hydrogens (tertiary/aromatic N) is 1. The third kappa shape index (κ3) is 2.54. The van der Waals surface area contributed by atoms with Gasteiger partial charge in [-0.1, -0.05) is 0 Å². The number of fused-ring (bicyclic) bond motifs is 1. The number of carbonyl (C=O) groups excluding carboxylic acids is 1. The second-order valence-electron chi connectivity index (χ2n) is 5.83. The zero-order valence-electron chi connectivity index (χ0n) is 11.1. The first-order valence-electron chi connectivity index (χ1n) is 7.49. The third-order valence-electron chi connectivity index (χ3n) is 4.67. The second kappa shape index (κ2) is 5.57. The van der Waals surface area contributed by atoms with Crippen LogP contribution in [-0.4, -0.2) is 48.7 Å². The maximum absolute atomic E-state index is 12.3. The molecule has 18 heavy (non-hydrogen) atoms. The lowest BCUT2D eigenvalue weighted by Gasteiger charge is -2.38. The Morgan fingerprint density at radius 1 is 1.28 bits per heavy atom. The minimum absolute atomic E-state index is 0.326. The van der Waals surface area contributed by atoms with Gasteiger partial charge in [0.1, 0.15) is 0 Å². The second-order valence-corrected chi connectivity index (χ2v) is 5.83. The van der Waals surface area contributed by atoms with E-state index in [1.165, 1.54) is 19.3 Å². The molecule has 0 spiro atoms. The van der Waals surface area contributed by atoms with E-state index < -0.39 is 0 Å². The van der Waals surface area contributed by atoms with Crippen LogP contribution in [0, 0.1) is 0 Å². The zero-order valence-corrected chi connectivity index (χ0v) is 11.1. The molecule has 1 amide bonds. The highest BCUT2D eigenvalue weighted by atomic mass is 16.5. The lowest BCUT2D eigenvalue weighted by molar-refractivity contribution is -0.144. The van der Waals surface area contributed by atoms with Crippen LogP contribution >= 0.6 is 0 Å². The van der Waals surface area contributed by atoms with Gasteiger partial charge in [0.25, 0.3) is 0 Å². The van der Waals surface area contributed by atoms with Crippen LogP contribution in [0.3, 0.4) is 0 Å². The molecular weight excluding hydrogens is 228 g/mol. The van der Waals surface area contributed by atoms with Gasteiger partial charge in [-0.05, 0) is 45.1 Å². The van der Waals surface area contributed by atoms with E-state index in [2.05, 4.69) is 10.2 Å². The zero-order chi connectivity index (χ0) is 12.4. The van der Waals surface area contributed by atoms with Gasteiger partial charge in [0.2, 0.25) is 5.91 Å². The Hall–Kier alpha value is -0.610. The molecule has 3 unspecified atom stereocenters. The van der Waals surface area contributed by atoms with Crippen molar-refractivity contribution in [1.29, 1.82) is 0 Å². The summed E-state index contributed by atoms with van der Waals surface area (Å²) in [6.07, 6.45) is 8.03. The predicted octanol–water partition coefficient (Wildman–Crippen LogP) is 1.30. The Labute approximate surface area is 109 Å². The summed E-state index contributed by atoms with van der Waals surface area (Å²) in [4.78, 5) is 14.4. The smallest absolute Gasteiger partial charge is 0.223 e. The summed E-state index contributed by atoms with van der Waals surface area (Å²) in [5.41, 5.74) is 0. The first-order valence-corrected chi connectivity index (χ1v) is 7.49. The molecule has 0 aromatic carbocycles. The monoisotopic (exact) mass is 252 g/mol. The van der Waals surface area contributed by atoms with Gasteiger partial charge in [-0.3, -0.25) is 4.79 Å². The molecular formula is C14H24N2O2. The van der Waals surface area contributed by atoms with Crippen LogP contribution in [0.25, 0.3) is 0 Å². The summed E-state index contributed by atoms with van der Waals surface area (Å²) in [6, 6.07) is 0.956. The number of rotatable bonds is 3. The van der Waals surface area contributed by atoms with Gasteiger partial charge in [0.05, 0.1) is 18.8 Å². The summed E-state index contributed by atoms with van der Waals surface area (Å²) in [7, 11) is 0. The van der Waals surface area contributed by atoms with E-state index in [0.29, 0.717) is 30.5 Å². The average Bonchev–Trinajstić information content (AvgIpc) is 3.05. The highest BCUT2D eigenvalue weighted by Crippen LogP contribution is 2.30. The van der Waals surface area contributed by atoms with Crippen LogP contribution in [-0.2, 0) is 9.53 Å². The molecule has 102 valence electrons. The van der Waals surface area contributed by atoms with E-state index >= 15 is 0 Å². The summed E-state index contributed by atoms with van der Waals surface area (Å²) in [6.45, 7) is 2.66. The molecule has 1 N–H and O–H groups in total. The van der Waals surface area contributed by atoms with Gasteiger partial charge in [-0.25, -0.2) is 0 Å². The Bertz CT molecular complexity index is 302. The summed E-state index contributed by atoms with van der Waals surface area (Å²) < 4.78 is 5.75. The Morgan fingerprint density at radius 3 is 3.06 bits per heavy atom. The number of hydrogen-bond donors (Lipinski definition) is 1. The highest BCUT2D eigenvalue weighted by Gasteiger charge is 2.38. The number of morpholine rings is 1. The topological polar surface area (TPSA) is 41.6 Å². The molecule has 1 aliphatic carbocycles. The lowest BCUT2D eigenvalue weighted by Crippen LogP contribution is -2.51. The van der Waals surface area contributed by atoms with E-state index in [1.54, 1.807) is 0 Å². The number of hydrogen-bond acceptors (Lipinski definition) is 3. The van der Waals surface area contributed by atoms with Gasteiger partial charge >= 0.3 is 0 Å². The number of carbonyl (C=O) groups is 1. The van der Waals surface area contributed by atoms with Crippen molar-refractivity contribution in [2.75, 3.05) is 19.7 Å². The van der Waals surface area contributed by atoms with Crippen molar-refractivity contribution in [2.24, 2.45) is 0 Å². The van der Waals surface area contributed by atoms with Crippen molar-refractivity contribution < 1.29 is 9.53 Å². The van der Waals surface area contributed by atoms with Crippen LogP contribution < -0.4 is 5.32 Å². The lowest BCUT2D eigenvalue weighted by atomic mass is 10.1. The molecule has 3 rings (SSSR count). The molecule has 2 saturated heterocycles. The first kappa shape index (κ1) is 12.4. The van der Waals surface area contributed by atoms with Gasteiger partial charge in [0, 0.05) is 19.0 Å². The van der Waals surface area contributed by atoms with Crippen LogP contribution in [0.1, 0.15) is 44.9 Å². The maximum Gasteiger partial charge on any atom is 0.223 e. The summed E-state index contributed by atoms with van der Waals surface area (Å²) in [5.74, 6) is 0.351. The molecule has 0 radical (unpaired) electrons. The highest BCUT2D eigenvalue weighted by molar-refractivity contribution is 5.76. The van der Waals surface area contributed by atoms with Crippen molar-refractivity contribution in [3.8, 4) is 0 Å². The molecule has 3 fully saturated rings. The fourth-order valence-corrected chi connectivity index (χ4v) is 3.68. The van der Waals surface area contributed by atoms with E-state index in [4.69, 9.17) is 4.74 Å². The van der Waals surface area contributed by atoms with E-state index in [0.717, 1.165) is 39.0 Å². The average molecular weight is 252 g/mol. The van der Waals surface area contributed by atoms with E-state index in [1.807, 2.05) is 0 Å². The van der Waals surface area contributed by atoms with Gasteiger partial charge in [-0.15, -0.1) is 0 Å². The summed E-state index contributed by atoms with van der Waals surface area (Å²) in [5, 5.41) is 3.47. The molecule has 0 bridgehead atoms. The van der Waals surface area contributed by atoms with Gasteiger partial charge in [0.15, 0.2) is 0 Å². The molecule has 0 aromatic heterocycles. The van der Waals surface area contributed by atoms with E-state index in [9.17, 15) is 4.79 Å². The molecule has 0 aromatic rings. The maximum atomic E-state index is 12.3. The van der Waals surface area contributed by atoms with E-state index in [-0.39, 0.29) is 0 Å². The number of amides is 1. The van der Waals surface area contributed by atoms with Crippen LogP contribution in [0.5, 0.6) is 0 Å². The molecule has 2 aliphatic heterocycles. The third-order valence-corrected chi connectivity index (χ3v) is 4.67. The fraction of sp³-hybridized carbons (Fsp3) is 0.929. The standard InChI is InChI=1S/C14H24N2O2/c17-14(7-6-11-3-2-8-15-11)16-9-10-18-13-5-1-4-12(13)16/h11-13,15H,1-10H2. The van der Waals surface area contributed by atoms with Crippen molar-refractivity contribution in [3.63, 3.8) is 0 Å². The number of ether oxygens (including phenoxy) is 1. The van der Waals surface area contributed by atoms with Crippen molar-refractivity contribution in [1.82, 2.24) is 10.2 Å². The normalized spacial score (nSPS) is 35.8. The molecule has 1 saturated carbocycles. The Balaban J connectivity index is 1.51. The SMILES string of the molecule is O=C(CCC1CCCN1)N1CCOC2CCCC21. The van der Waals surface area contributed by atoms with Crippen molar-refractivity contribution >= 4 is 5.91 Å². The summed E-state index contributed by atoms with van der Waals surface area (Å²) >= 11 is 0. The largest absolute Gasteiger partial charge is 0.374 e. The first-order chi connectivity index (χ1) is 8.84. The molecule has 2 heterocycles. The van der Waals surface area contributed by atoms with Gasteiger partial charge < -0.3 is 15.0 Å². The van der Waals surface area contributed by atoms with Crippen molar-refractivity contribution in [2.45, 2.75) is 63.1 Å². The predicted molar refractivity (Wildman–Crippen MR) is 69.4 cm³/mol. The quantitative estimate of drug-likeness (QED) is 0.823. The minimum Gasteiger partial charge on any atom is -0.374 e. The number of nitrogens with one attached hydrogen (secondary N) is 1. The van der Waals surface area contributed by atoms with Crippen LogP contribution in [0.4, 0.5) is 0 Å². The fourth-order valence-electron chi connectivity index (χ4n) is 3.68.